The molecule has 0 spiro atoms. The summed E-state index contributed by atoms with van der Waals surface area (Å²) in [6, 6.07) is 42.9. The molecule has 0 aliphatic carbocycles. The lowest BCUT2D eigenvalue weighted by Crippen LogP contribution is -2.00. The molecule has 0 saturated carbocycles. The zero-order valence-corrected chi connectivity index (χ0v) is 26.0. The van der Waals surface area contributed by atoms with Crippen LogP contribution in [0.25, 0.3) is 89.5 Å². The molecule has 0 saturated heterocycles. The highest BCUT2D eigenvalue weighted by Gasteiger charge is 2.17. The van der Waals surface area contributed by atoms with E-state index in [1.54, 1.807) is 24.3 Å². The second kappa shape index (κ2) is 12.2. The first-order chi connectivity index (χ1) is 26.8. The van der Waals surface area contributed by atoms with Gasteiger partial charge in [-0.1, -0.05) is 158 Å². The average molecular weight is 634 g/mol. The Morgan fingerprint density at radius 1 is 0.388 bits per heavy atom. The Morgan fingerprint density at radius 2 is 0.837 bits per heavy atom. The van der Waals surface area contributed by atoms with Crippen LogP contribution in [0.4, 0.5) is 0 Å². The minimum Gasteiger partial charge on any atom is -0.456 e. The molecule has 7 aromatic carbocycles. The first-order valence-corrected chi connectivity index (χ1v) is 15.9. The van der Waals surface area contributed by atoms with Crippen molar-refractivity contribution in [2.24, 2.45) is 0 Å². The van der Waals surface area contributed by atoms with E-state index >= 15 is 0 Å². The van der Waals surface area contributed by atoms with Crippen molar-refractivity contribution in [1.29, 1.82) is 0 Å². The van der Waals surface area contributed by atoms with Gasteiger partial charge in [0.15, 0.2) is 17.5 Å². The molecular weight excluding hydrogens is 599 g/mol. The number of hydrogen-bond donors (Lipinski definition) is 0. The van der Waals surface area contributed by atoms with Gasteiger partial charge in [0.1, 0.15) is 11.2 Å². The van der Waals surface area contributed by atoms with Crippen LogP contribution in [0.1, 0.15) is 8.22 Å². The Kier molecular flexibility index (Phi) is 5.67. The molecule has 0 unspecified atom stereocenters. The second-order valence-corrected chi connectivity index (χ2v) is 11.6. The monoisotopic (exact) mass is 633 g/mol. The first-order valence-electron chi connectivity index (χ1n) is 18.9. The number of hydrogen-bond acceptors (Lipinski definition) is 4. The SMILES string of the molecule is [2H]c1c([2H])c(-c2ccccc2)c2c(oc3c([2H])c(-c4nc(-c5ccc(-c6ccccc6)cc5)nc(-c5ccc(-c6ccccc6)cc5)n4)c([2H])c([2H])c32)c1[2H]. The molecule has 49 heavy (non-hydrogen) atoms. The predicted molar refractivity (Wildman–Crippen MR) is 200 cm³/mol. The molecule has 0 aliphatic rings. The molecule has 2 aromatic heterocycles. The van der Waals surface area contributed by atoms with E-state index < -0.39 is 0 Å². The van der Waals surface area contributed by atoms with Crippen LogP contribution in [0.3, 0.4) is 0 Å². The molecule has 9 rings (SSSR count). The van der Waals surface area contributed by atoms with Gasteiger partial charge in [0.05, 0.1) is 8.22 Å². The van der Waals surface area contributed by atoms with Gasteiger partial charge in [-0.2, -0.15) is 0 Å². The number of benzene rings is 7. The third kappa shape index (κ3) is 5.45. The standard InChI is InChI=1S/C45H29N3O/c1-4-11-30(12-5-1)32-19-23-35(24-20-32)43-46-44(36-25-21-33(22-26-36)31-13-6-2-7-14-31)48-45(47-43)37-27-28-39-41(29-37)49-40-18-10-17-38(42(39)40)34-15-8-3-9-16-34/h1-29H/i10D,17D,18D,27D,28D,29D. The fraction of sp³-hybridized carbons (Fsp3) is 0. The van der Waals surface area contributed by atoms with Crippen LogP contribution in [-0.4, -0.2) is 15.0 Å². The van der Waals surface area contributed by atoms with Crippen molar-refractivity contribution in [3.8, 4) is 67.5 Å². The van der Waals surface area contributed by atoms with Gasteiger partial charge in [0.25, 0.3) is 0 Å². The quantitative estimate of drug-likeness (QED) is 0.183. The minimum atomic E-state index is -0.335. The molecule has 0 atom stereocenters. The molecule has 0 aliphatic heterocycles. The van der Waals surface area contributed by atoms with Crippen molar-refractivity contribution in [2.45, 2.75) is 0 Å². The maximum absolute atomic E-state index is 9.44. The number of rotatable bonds is 6. The van der Waals surface area contributed by atoms with Crippen LogP contribution in [-0.2, 0) is 0 Å². The van der Waals surface area contributed by atoms with Gasteiger partial charge in [-0.05, 0) is 51.5 Å². The fourth-order valence-electron chi connectivity index (χ4n) is 6.01. The van der Waals surface area contributed by atoms with E-state index in [0.29, 0.717) is 33.9 Å². The fourth-order valence-corrected chi connectivity index (χ4v) is 6.01. The van der Waals surface area contributed by atoms with E-state index in [1.807, 2.05) is 115 Å². The summed E-state index contributed by atoms with van der Waals surface area (Å²) in [6.45, 7) is 0. The van der Waals surface area contributed by atoms with Crippen LogP contribution in [0.5, 0.6) is 0 Å². The van der Waals surface area contributed by atoms with E-state index in [4.69, 9.17) is 23.5 Å². The zero-order valence-electron chi connectivity index (χ0n) is 32.0. The Balaban J connectivity index is 1.26. The van der Waals surface area contributed by atoms with E-state index in [1.165, 1.54) is 0 Å². The van der Waals surface area contributed by atoms with Crippen LogP contribution in [0, 0.1) is 0 Å². The van der Waals surface area contributed by atoms with E-state index in [-0.39, 0.29) is 69.6 Å². The summed E-state index contributed by atoms with van der Waals surface area (Å²) in [7, 11) is 0. The van der Waals surface area contributed by atoms with Gasteiger partial charge in [0.2, 0.25) is 0 Å². The van der Waals surface area contributed by atoms with Crippen molar-refractivity contribution in [3.63, 3.8) is 0 Å². The maximum Gasteiger partial charge on any atom is 0.164 e. The van der Waals surface area contributed by atoms with Gasteiger partial charge in [0, 0.05) is 27.5 Å². The van der Waals surface area contributed by atoms with Gasteiger partial charge in [-0.15, -0.1) is 0 Å². The summed E-state index contributed by atoms with van der Waals surface area (Å²) in [4.78, 5) is 14.5. The Morgan fingerprint density at radius 3 is 1.37 bits per heavy atom. The molecule has 0 amide bonds. The second-order valence-electron chi connectivity index (χ2n) is 11.6. The number of fused-ring (bicyclic) bond motifs is 3. The van der Waals surface area contributed by atoms with E-state index in [2.05, 4.69) is 0 Å². The molecule has 230 valence electrons. The van der Waals surface area contributed by atoms with E-state index in [0.717, 1.165) is 22.3 Å². The number of aromatic nitrogens is 3. The van der Waals surface area contributed by atoms with Gasteiger partial charge in [-0.25, -0.2) is 15.0 Å². The van der Waals surface area contributed by atoms with E-state index in [9.17, 15) is 4.11 Å². The summed E-state index contributed by atoms with van der Waals surface area (Å²) in [6.07, 6.45) is 0. The highest BCUT2D eigenvalue weighted by molar-refractivity contribution is 6.13. The molecule has 9 aromatic rings. The summed E-state index contributed by atoms with van der Waals surface area (Å²) in [5, 5.41) is 0.372. The number of nitrogens with zero attached hydrogens (tertiary/aromatic N) is 3. The van der Waals surface area contributed by atoms with Crippen LogP contribution >= 0.6 is 0 Å². The highest BCUT2D eigenvalue weighted by atomic mass is 16.3. The molecule has 0 N–H and O–H groups in total. The van der Waals surface area contributed by atoms with Crippen LogP contribution in [0.15, 0.2) is 180 Å². The lowest BCUT2D eigenvalue weighted by atomic mass is 9.99. The Labute approximate surface area is 292 Å². The van der Waals surface area contributed by atoms with Crippen LogP contribution in [0.2, 0.25) is 0 Å². The van der Waals surface area contributed by atoms with Gasteiger partial charge >= 0.3 is 0 Å². The summed E-state index contributed by atoms with van der Waals surface area (Å²) >= 11 is 0. The molecular formula is C45H29N3O. The molecule has 0 bridgehead atoms. The average Bonchev–Trinajstić information content (AvgIpc) is 3.64. The first kappa shape index (κ1) is 22.8. The summed E-state index contributed by atoms with van der Waals surface area (Å²) < 4.78 is 60.4. The smallest absolute Gasteiger partial charge is 0.164 e. The van der Waals surface area contributed by atoms with Crippen molar-refractivity contribution in [3.05, 3.63) is 176 Å². The normalized spacial score (nSPS) is 13.0. The van der Waals surface area contributed by atoms with Crippen molar-refractivity contribution >= 4 is 21.9 Å². The van der Waals surface area contributed by atoms with Crippen molar-refractivity contribution < 1.29 is 12.6 Å². The Hall–Kier alpha value is -6.65. The topological polar surface area (TPSA) is 51.8 Å². The number of furan rings is 1. The largest absolute Gasteiger partial charge is 0.456 e. The molecule has 0 radical (unpaired) electrons. The van der Waals surface area contributed by atoms with Crippen LogP contribution < -0.4 is 0 Å². The summed E-state index contributed by atoms with van der Waals surface area (Å²) in [5.41, 5.74) is 6.32. The van der Waals surface area contributed by atoms with Gasteiger partial charge in [-0.3, -0.25) is 0 Å². The lowest BCUT2D eigenvalue weighted by Gasteiger charge is -2.10. The van der Waals surface area contributed by atoms with Crippen molar-refractivity contribution in [1.82, 2.24) is 15.0 Å². The van der Waals surface area contributed by atoms with Gasteiger partial charge < -0.3 is 4.42 Å². The van der Waals surface area contributed by atoms with Crippen molar-refractivity contribution in [2.75, 3.05) is 0 Å². The molecule has 0 fully saturated rings. The zero-order chi connectivity index (χ0) is 37.8. The molecule has 2 heterocycles. The molecule has 4 nitrogen and oxygen atoms in total. The lowest BCUT2D eigenvalue weighted by molar-refractivity contribution is 0.669. The third-order valence-corrected chi connectivity index (χ3v) is 8.49. The highest BCUT2D eigenvalue weighted by Crippen LogP contribution is 2.38. The molecule has 4 heteroatoms. The minimum absolute atomic E-state index is 0.0156. The third-order valence-electron chi connectivity index (χ3n) is 8.49. The summed E-state index contributed by atoms with van der Waals surface area (Å²) in [5.74, 6) is 0.653. The Bertz CT molecular complexity index is 2800. The maximum atomic E-state index is 9.44. The predicted octanol–water partition coefficient (Wildman–Crippen LogP) is 11.8.